The molecule has 2 rings (SSSR count). The number of halogens is 1. The standard InChI is InChI=1S/C17H21FO3/c1-3-21-17(19)15(18)11-14-10-13(14)9-8-12-6-4-5-7-16(12)20-2/h4-7,11,13-14H,3,8-10H2,1-2H3/b15-11-. The number of methoxy groups -OCH3 is 1. The third-order valence-corrected chi connectivity index (χ3v) is 3.79. The van der Waals surface area contributed by atoms with E-state index in [2.05, 4.69) is 4.74 Å². The molecule has 0 saturated heterocycles. The van der Waals surface area contributed by atoms with Gasteiger partial charge in [-0.15, -0.1) is 0 Å². The second-order valence-corrected chi connectivity index (χ2v) is 5.25. The van der Waals surface area contributed by atoms with Crippen LogP contribution in [0.5, 0.6) is 5.75 Å². The van der Waals surface area contributed by atoms with Crippen LogP contribution in [-0.4, -0.2) is 19.7 Å². The Labute approximate surface area is 124 Å². The second-order valence-electron chi connectivity index (χ2n) is 5.25. The molecule has 21 heavy (non-hydrogen) atoms. The molecule has 1 saturated carbocycles. The van der Waals surface area contributed by atoms with Gasteiger partial charge in [-0.2, -0.15) is 4.39 Å². The maximum absolute atomic E-state index is 13.5. The molecular formula is C17H21FO3. The first-order valence-electron chi connectivity index (χ1n) is 7.32. The van der Waals surface area contributed by atoms with Crippen LogP contribution in [0.2, 0.25) is 0 Å². The zero-order valence-corrected chi connectivity index (χ0v) is 12.5. The lowest BCUT2D eigenvalue weighted by Crippen LogP contribution is -2.04. The van der Waals surface area contributed by atoms with Crippen LogP contribution in [0.25, 0.3) is 0 Å². The molecule has 3 nitrogen and oxygen atoms in total. The Hall–Kier alpha value is -1.84. The SMILES string of the molecule is CCOC(=O)/C(F)=C/C1CC1CCc1ccccc1OC. The smallest absolute Gasteiger partial charge is 0.366 e. The topological polar surface area (TPSA) is 35.5 Å². The van der Waals surface area contributed by atoms with Crippen LogP contribution in [0.1, 0.15) is 25.3 Å². The maximum atomic E-state index is 13.5. The predicted octanol–water partition coefficient (Wildman–Crippen LogP) is 3.68. The summed E-state index contributed by atoms with van der Waals surface area (Å²) in [6.45, 7) is 1.86. The van der Waals surface area contributed by atoms with Gasteiger partial charge in [0.05, 0.1) is 13.7 Å². The minimum absolute atomic E-state index is 0.157. The Morgan fingerprint density at radius 3 is 2.90 bits per heavy atom. The highest BCUT2D eigenvalue weighted by atomic mass is 19.1. The molecule has 1 fully saturated rings. The summed E-state index contributed by atoms with van der Waals surface area (Å²) in [7, 11) is 1.66. The van der Waals surface area contributed by atoms with Crippen molar-refractivity contribution < 1.29 is 18.7 Å². The van der Waals surface area contributed by atoms with Gasteiger partial charge in [0, 0.05) is 0 Å². The molecule has 1 aliphatic carbocycles. The van der Waals surface area contributed by atoms with Crippen LogP contribution in [0, 0.1) is 11.8 Å². The number of hydrogen-bond acceptors (Lipinski definition) is 3. The average Bonchev–Trinajstić information content (AvgIpc) is 3.23. The fraction of sp³-hybridized carbons (Fsp3) is 0.471. The summed E-state index contributed by atoms with van der Waals surface area (Å²) in [4.78, 5) is 11.2. The minimum atomic E-state index is -0.854. The largest absolute Gasteiger partial charge is 0.496 e. The van der Waals surface area contributed by atoms with E-state index >= 15 is 0 Å². The van der Waals surface area contributed by atoms with Gasteiger partial charge >= 0.3 is 5.97 Å². The number of hydrogen-bond donors (Lipinski definition) is 0. The zero-order valence-electron chi connectivity index (χ0n) is 12.5. The third-order valence-electron chi connectivity index (χ3n) is 3.79. The van der Waals surface area contributed by atoms with Gasteiger partial charge in [-0.25, -0.2) is 4.79 Å². The molecule has 0 aliphatic heterocycles. The predicted molar refractivity (Wildman–Crippen MR) is 78.7 cm³/mol. The van der Waals surface area contributed by atoms with Crippen molar-refractivity contribution >= 4 is 5.97 Å². The van der Waals surface area contributed by atoms with Crippen molar-refractivity contribution in [2.45, 2.75) is 26.2 Å². The van der Waals surface area contributed by atoms with Crippen LogP contribution in [-0.2, 0) is 16.0 Å². The Morgan fingerprint density at radius 2 is 2.19 bits per heavy atom. The van der Waals surface area contributed by atoms with E-state index in [1.54, 1.807) is 14.0 Å². The molecule has 0 bridgehead atoms. The molecule has 0 spiro atoms. The van der Waals surface area contributed by atoms with E-state index < -0.39 is 11.8 Å². The van der Waals surface area contributed by atoms with Crippen molar-refractivity contribution in [2.24, 2.45) is 11.8 Å². The number of allylic oxidation sites excluding steroid dienone is 1. The van der Waals surface area contributed by atoms with Gasteiger partial charge in [0.15, 0.2) is 0 Å². The molecule has 0 radical (unpaired) electrons. The molecule has 1 aliphatic rings. The highest BCUT2D eigenvalue weighted by molar-refractivity contribution is 5.86. The van der Waals surface area contributed by atoms with Gasteiger partial charge in [-0.1, -0.05) is 18.2 Å². The molecule has 0 N–H and O–H groups in total. The number of ether oxygens (including phenoxy) is 2. The Morgan fingerprint density at radius 1 is 1.43 bits per heavy atom. The van der Waals surface area contributed by atoms with Crippen LogP contribution >= 0.6 is 0 Å². The van der Waals surface area contributed by atoms with E-state index in [0.29, 0.717) is 5.92 Å². The molecular weight excluding hydrogens is 271 g/mol. The normalized spacial score (nSPS) is 21.0. The Kier molecular flexibility index (Phi) is 5.37. The first-order valence-corrected chi connectivity index (χ1v) is 7.32. The van der Waals surface area contributed by atoms with Crippen LogP contribution in [0.4, 0.5) is 4.39 Å². The maximum Gasteiger partial charge on any atom is 0.366 e. The first-order chi connectivity index (χ1) is 10.2. The quantitative estimate of drug-likeness (QED) is 0.568. The molecule has 114 valence electrons. The molecule has 2 atom stereocenters. The number of para-hydroxylation sites is 1. The van der Waals surface area contributed by atoms with Crippen molar-refractivity contribution in [1.82, 2.24) is 0 Å². The number of carbonyl (C=O) groups excluding carboxylic acids is 1. The molecule has 1 aromatic rings. The van der Waals surface area contributed by atoms with Crippen molar-refractivity contribution in [3.05, 3.63) is 41.7 Å². The van der Waals surface area contributed by atoms with Gasteiger partial charge in [0.1, 0.15) is 5.75 Å². The first kappa shape index (κ1) is 15.5. The summed E-state index contributed by atoms with van der Waals surface area (Å²) in [5, 5.41) is 0. The van der Waals surface area contributed by atoms with Crippen molar-refractivity contribution in [1.29, 1.82) is 0 Å². The summed E-state index contributed by atoms with van der Waals surface area (Å²) in [5.41, 5.74) is 1.17. The minimum Gasteiger partial charge on any atom is -0.496 e. The number of aryl methyl sites for hydroxylation is 1. The lowest BCUT2D eigenvalue weighted by Gasteiger charge is -2.07. The third kappa shape index (κ3) is 4.31. The second kappa shape index (κ2) is 7.25. The molecule has 0 amide bonds. The molecule has 1 aromatic carbocycles. The fourth-order valence-corrected chi connectivity index (χ4v) is 2.51. The van der Waals surface area contributed by atoms with E-state index in [1.165, 1.54) is 11.6 Å². The molecule has 4 heteroatoms. The zero-order chi connectivity index (χ0) is 15.2. The summed E-state index contributed by atoms with van der Waals surface area (Å²) < 4.78 is 23.4. The van der Waals surface area contributed by atoms with Crippen LogP contribution in [0.15, 0.2) is 36.2 Å². The number of benzene rings is 1. The molecule has 0 aromatic heterocycles. The van der Waals surface area contributed by atoms with Gasteiger partial charge in [0.2, 0.25) is 5.83 Å². The highest BCUT2D eigenvalue weighted by Gasteiger charge is 2.36. The van der Waals surface area contributed by atoms with Gasteiger partial charge in [-0.3, -0.25) is 0 Å². The van der Waals surface area contributed by atoms with Gasteiger partial charge in [0.25, 0.3) is 0 Å². The summed E-state index contributed by atoms with van der Waals surface area (Å²) >= 11 is 0. The highest BCUT2D eigenvalue weighted by Crippen LogP contribution is 2.44. The van der Waals surface area contributed by atoms with Crippen LogP contribution in [0.3, 0.4) is 0 Å². The lowest BCUT2D eigenvalue weighted by molar-refractivity contribution is -0.140. The molecule has 2 unspecified atom stereocenters. The molecule has 0 heterocycles. The summed E-state index contributed by atoms with van der Waals surface area (Å²) in [6.07, 6.45) is 4.21. The number of esters is 1. The number of rotatable bonds is 7. The van der Waals surface area contributed by atoms with E-state index in [1.807, 2.05) is 24.3 Å². The summed E-state index contributed by atoms with van der Waals surface area (Å²) in [5.74, 6) is -0.128. The van der Waals surface area contributed by atoms with E-state index in [9.17, 15) is 9.18 Å². The monoisotopic (exact) mass is 292 g/mol. The van der Waals surface area contributed by atoms with Crippen molar-refractivity contribution in [3.63, 3.8) is 0 Å². The Bertz CT molecular complexity index is 525. The number of carbonyl (C=O) groups is 1. The van der Waals surface area contributed by atoms with Gasteiger partial charge in [-0.05, 0) is 55.7 Å². The van der Waals surface area contributed by atoms with E-state index in [4.69, 9.17) is 4.74 Å². The van der Waals surface area contributed by atoms with Crippen LogP contribution < -0.4 is 4.74 Å². The average molecular weight is 292 g/mol. The van der Waals surface area contributed by atoms with Crippen molar-refractivity contribution in [2.75, 3.05) is 13.7 Å². The Balaban J connectivity index is 1.82. The van der Waals surface area contributed by atoms with E-state index in [-0.39, 0.29) is 12.5 Å². The summed E-state index contributed by atoms with van der Waals surface area (Å²) in [6, 6.07) is 7.92. The van der Waals surface area contributed by atoms with E-state index in [0.717, 1.165) is 25.0 Å². The van der Waals surface area contributed by atoms with Gasteiger partial charge < -0.3 is 9.47 Å². The van der Waals surface area contributed by atoms with Crippen molar-refractivity contribution in [3.8, 4) is 5.75 Å². The fourth-order valence-electron chi connectivity index (χ4n) is 2.51. The lowest BCUT2D eigenvalue weighted by atomic mass is 10.1.